The molecule has 2 aliphatic heterocycles. The maximum absolute atomic E-state index is 14.0. The second-order valence-corrected chi connectivity index (χ2v) is 19.7. The predicted octanol–water partition coefficient (Wildman–Crippen LogP) is 7.60. The molecule has 0 bridgehead atoms. The molecule has 2 saturated heterocycles. The number of carbonyl (C=O) groups is 1. The van der Waals surface area contributed by atoms with E-state index in [1.54, 1.807) is 39.6 Å². The summed E-state index contributed by atoms with van der Waals surface area (Å²) in [6.45, 7) is 3.50. The summed E-state index contributed by atoms with van der Waals surface area (Å²) in [5.41, 5.74) is -0.373. The molecule has 5 aromatic rings. The van der Waals surface area contributed by atoms with E-state index < -0.39 is 42.3 Å². The monoisotopic (exact) mass is 915 g/mol. The van der Waals surface area contributed by atoms with E-state index in [0.717, 1.165) is 42.6 Å². The molecule has 334 valence electrons. The lowest BCUT2D eigenvalue weighted by Crippen LogP contribution is -2.56. The Balaban J connectivity index is 1.30. The van der Waals surface area contributed by atoms with Gasteiger partial charge in [0.2, 0.25) is 10.8 Å². The fourth-order valence-corrected chi connectivity index (χ4v) is 13.2. The van der Waals surface area contributed by atoms with Crippen LogP contribution in [0.15, 0.2) is 125 Å². The van der Waals surface area contributed by atoms with Crippen molar-refractivity contribution in [3.05, 3.63) is 164 Å². The van der Waals surface area contributed by atoms with Crippen LogP contribution < -0.4 is 20.7 Å². The number of hydrogen-bond acceptors (Lipinski definition) is 13. The van der Waals surface area contributed by atoms with Gasteiger partial charge in [0.1, 0.15) is 29.3 Å². The zero-order chi connectivity index (χ0) is 44.2. The summed E-state index contributed by atoms with van der Waals surface area (Å²) in [5, 5.41) is 0.0121. The third kappa shape index (κ3) is 10.6. The molecule has 0 spiro atoms. The number of methoxy groups -OCH3 is 3. The van der Waals surface area contributed by atoms with Crippen molar-refractivity contribution in [2.75, 3.05) is 72.4 Å². The van der Waals surface area contributed by atoms with Crippen LogP contribution in [0, 0.1) is 6.92 Å². The number of benzene rings is 4. The highest BCUT2D eigenvalue weighted by molar-refractivity contribution is 8.53. The number of thioether (sulfide) groups is 1. The lowest BCUT2D eigenvalue weighted by atomic mass is 9.80. The highest BCUT2D eigenvalue weighted by Gasteiger charge is 2.57. The van der Waals surface area contributed by atoms with Crippen LogP contribution in [0.1, 0.15) is 45.5 Å². The lowest BCUT2D eigenvalue weighted by Gasteiger charge is -2.40. The summed E-state index contributed by atoms with van der Waals surface area (Å²) in [6, 6.07) is 34.8. The minimum absolute atomic E-state index is 0.0121. The van der Waals surface area contributed by atoms with E-state index in [9.17, 15) is 14.4 Å². The molecule has 63 heavy (non-hydrogen) atoms. The fourth-order valence-electron chi connectivity index (χ4n) is 7.85. The van der Waals surface area contributed by atoms with Gasteiger partial charge in [-0.3, -0.25) is 23.8 Å². The Morgan fingerprint density at radius 1 is 0.825 bits per heavy atom. The summed E-state index contributed by atoms with van der Waals surface area (Å²) in [6.07, 6.45) is 1.80. The largest absolute Gasteiger partial charge is 0.497 e. The molecule has 0 radical (unpaired) electrons. The number of carbonyl (C=O) groups excluding carboxylic acids is 1. The van der Waals surface area contributed by atoms with Crippen LogP contribution in [0.5, 0.6) is 11.5 Å². The first-order chi connectivity index (χ1) is 30.7. The van der Waals surface area contributed by atoms with Crippen LogP contribution >= 0.6 is 30.6 Å². The van der Waals surface area contributed by atoms with Gasteiger partial charge >= 0.3 is 5.69 Å². The van der Waals surface area contributed by atoms with E-state index in [1.807, 2.05) is 109 Å². The molecule has 2 aliphatic rings. The topological polar surface area (TPSA) is 140 Å². The van der Waals surface area contributed by atoms with Crippen molar-refractivity contribution in [2.24, 2.45) is 0 Å². The Morgan fingerprint density at radius 3 is 2.03 bits per heavy atom. The molecule has 0 aliphatic carbocycles. The van der Waals surface area contributed by atoms with Crippen molar-refractivity contribution < 1.29 is 37.7 Å². The molecule has 1 aromatic heterocycles. The van der Waals surface area contributed by atoms with E-state index in [-0.39, 0.29) is 31.5 Å². The van der Waals surface area contributed by atoms with E-state index >= 15 is 0 Å². The van der Waals surface area contributed by atoms with Gasteiger partial charge in [-0.15, -0.1) is 0 Å². The quantitative estimate of drug-likeness (QED) is 0.0440. The molecule has 4 aromatic carbocycles. The Bertz CT molecular complexity index is 2300. The first kappa shape index (κ1) is 46.7. The van der Waals surface area contributed by atoms with Crippen molar-refractivity contribution in [2.45, 2.75) is 43.3 Å². The number of hydrogen-bond donors (Lipinski definition) is 1. The molecule has 0 amide bonds. The Labute approximate surface area is 377 Å². The molecular weight excluding hydrogens is 862 g/mol. The number of aromatic nitrogens is 2. The highest BCUT2D eigenvalue weighted by atomic mass is 32.7. The van der Waals surface area contributed by atoms with Crippen molar-refractivity contribution in [3.8, 4) is 11.5 Å². The van der Waals surface area contributed by atoms with Gasteiger partial charge in [0.05, 0.1) is 40.6 Å². The van der Waals surface area contributed by atoms with E-state index in [1.165, 1.54) is 22.5 Å². The summed E-state index contributed by atoms with van der Waals surface area (Å²) in [5.74, 6) is 2.58. The number of H-pyrrole nitrogens is 1. The van der Waals surface area contributed by atoms with Crippen LogP contribution in [0.3, 0.4) is 0 Å². The van der Waals surface area contributed by atoms with Gasteiger partial charge < -0.3 is 32.9 Å². The van der Waals surface area contributed by atoms with Crippen LogP contribution in [-0.2, 0) is 34.8 Å². The Kier molecular flexibility index (Phi) is 16.4. The number of rotatable bonds is 21. The van der Waals surface area contributed by atoms with Crippen molar-refractivity contribution >= 4 is 35.8 Å². The average molecular weight is 916 g/mol. The van der Waals surface area contributed by atoms with Crippen LogP contribution in [0.2, 0.25) is 0 Å². The Hall–Kier alpha value is -4.28. The van der Waals surface area contributed by atoms with Crippen molar-refractivity contribution in [1.29, 1.82) is 0 Å². The first-order valence-electron chi connectivity index (χ1n) is 20.9. The average Bonchev–Trinajstić information content (AvgIpc) is 3.99. The first-order valence-corrected chi connectivity index (χ1v) is 24.6. The molecule has 4 atom stereocenters. The third-order valence-corrected chi connectivity index (χ3v) is 16.3. The van der Waals surface area contributed by atoms with Crippen molar-refractivity contribution in [1.82, 2.24) is 14.2 Å². The molecule has 13 nitrogen and oxygen atoms in total. The van der Waals surface area contributed by atoms with Crippen LogP contribution in [0.4, 0.5) is 0 Å². The van der Waals surface area contributed by atoms with Crippen molar-refractivity contribution in [3.63, 3.8) is 0 Å². The summed E-state index contributed by atoms with van der Waals surface area (Å²) in [4.78, 5) is 42.3. The number of nitrogens with one attached hydrogen (secondary N) is 1. The summed E-state index contributed by atoms with van der Waals surface area (Å²) in [7, 11) is 3.44. The maximum atomic E-state index is 14.0. The standard InChI is InChI=1S/C47H54N3O10PS2/c1-34-31-50(45(53)48-43(34)51)46(58-28-27-54-2)33-57-41(42(46)60-61(49-25-11-12-26-49)63-30-29-62-44(52)35-13-7-5-8-14-35)32-59-47(36-15-9-6-10-16-36,37-17-21-39(55-3)22-18-37)38-19-23-40(56-4)24-20-38/h5-10,13-24,31,41-42H,11-12,25-30,32-33H2,1-4H3,(H,48,51,53)/t41-,42?,46+,61?/m1/s1. The number of ether oxygens (including phenoxy) is 6. The third-order valence-electron chi connectivity index (χ3n) is 11.1. The van der Waals surface area contributed by atoms with Crippen LogP contribution in [0.25, 0.3) is 0 Å². The van der Waals surface area contributed by atoms with Gasteiger partial charge in [-0.2, -0.15) is 0 Å². The minimum atomic E-state index is -1.55. The Morgan fingerprint density at radius 2 is 1.43 bits per heavy atom. The van der Waals surface area contributed by atoms with Gasteiger partial charge in [-0.05, 0) is 60.7 Å². The van der Waals surface area contributed by atoms with E-state index in [4.69, 9.17) is 32.9 Å². The number of aromatic amines is 1. The second kappa shape index (κ2) is 22.1. The molecule has 2 fully saturated rings. The van der Waals surface area contributed by atoms with Gasteiger partial charge in [-0.25, -0.2) is 4.79 Å². The van der Waals surface area contributed by atoms with E-state index in [2.05, 4.69) is 9.65 Å². The SMILES string of the molecule is COCCO[C@@]1(n2cc(C)c(=O)[nH]c2=O)CO[C@H](COC(c2ccccc2)(c2ccc(OC)cc2)c2ccc(OC)cc2)C1OP(SCCSC(=O)c1ccccc1)N1CCCC1. The minimum Gasteiger partial charge on any atom is -0.497 e. The molecule has 2 unspecified atom stereocenters. The summed E-state index contributed by atoms with van der Waals surface area (Å²) < 4.78 is 48.6. The van der Waals surface area contributed by atoms with Gasteiger partial charge in [-0.1, -0.05) is 108 Å². The van der Waals surface area contributed by atoms with Gasteiger partial charge in [0.15, 0.2) is 7.50 Å². The zero-order valence-electron chi connectivity index (χ0n) is 35.9. The zero-order valence-corrected chi connectivity index (χ0v) is 38.5. The van der Waals surface area contributed by atoms with Gasteiger partial charge in [0, 0.05) is 49.0 Å². The second-order valence-electron chi connectivity index (χ2n) is 15.1. The highest BCUT2D eigenvalue weighted by Crippen LogP contribution is 2.59. The number of nitrogens with zero attached hydrogens (tertiary/aromatic N) is 2. The van der Waals surface area contributed by atoms with Gasteiger partial charge in [0.25, 0.3) is 5.56 Å². The van der Waals surface area contributed by atoms with Crippen LogP contribution in [-0.4, -0.2) is 104 Å². The molecule has 7 rings (SSSR count). The van der Waals surface area contributed by atoms with E-state index in [0.29, 0.717) is 34.1 Å². The smallest absolute Gasteiger partial charge is 0.330 e. The number of aryl methyl sites for hydroxylation is 1. The summed E-state index contributed by atoms with van der Waals surface area (Å²) >= 11 is 2.93. The fraction of sp³-hybridized carbons (Fsp3) is 0.383. The maximum Gasteiger partial charge on any atom is 0.330 e. The predicted molar refractivity (Wildman–Crippen MR) is 248 cm³/mol. The molecule has 0 saturated carbocycles. The molecule has 16 heteroatoms. The normalized spacial score (nSPS) is 19.6. The molecule has 3 heterocycles. The molecule has 1 N–H and O–H groups in total. The lowest BCUT2D eigenvalue weighted by molar-refractivity contribution is -0.162. The molecular formula is C47H54N3O10PS2.